The van der Waals surface area contributed by atoms with Crippen molar-refractivity contribution in [2.24, 2.45) is 0 Å². The molecule has 1 amide bonds. The Morgan fingerprint density at radius 3 is 2.67 bits per heavy atom. The van der Waals surface area contributed by atoms with Crippen molar-refractivity contribution in [2.45, 2.75) is 19.5 Å². The van der Waals surface area contributed by atoms with Crippen LogP contribution in [-0.2, 0) is 20.8 Å². The van der Waals surface area contributed by atoms with Gasteiger partial charge in [-0.05, 0) is 35.0 Å². The van der Waals surface area contributed by atoms with Crippen LogP contribution >= 0.6 is 15.9 Å². The van der Waals surface area contributed by atoms with Crippen molar-refractivity contribution in [3.63, 3.8) is 0 Å². The second-order valence-electron chi connectivity index (χ2n) is 4.86. The molecule has 1 aromatic heterocycles. The molecule has 1 aromatic rings. The lowest BCUT2D eigenvalue weighted by molar-refractivity contribution is 0.0575. The number of hydrogen-bond acceptors (Lipinski definition) is 5. The van der Waals surface area contributed by atoms with Crippen molar-refractivity contribution >= 4 is 32.0 Å². The summed E-state index contributed by atoms with van der Waals surface area (Å²) in [7, 11) is -3.53. The van der Waals surface area contributed by atoms with Crippen LogP contribution in [-0.4, -0.2) is 49.2 Å². The molecule has 0 bridgehead atoms. The number of fused-ring (bicyclic) bond motifs is 1. The maximum atomic E-state index is 12.4. The van der Waals surface area contributed by atoms with Crippen molar-refractivity contribution in [2.75, 3.05) is 19.4 Å². The third kappa shape index (κ3) is 3.53. The molecular weight excluding hydrogens is 364 g/mol. The Morgan fingerprint density at radius 1 is 1.38 bits per heavy atom. The summed E-state index contributed by atoms with van der Waals surface area (Å²) >= 11 is 3.15. The van der Waals surface area contributed by atoms with E-state index in [9.17, 15) is 18.0 Å². The summed E-state index contributed by atoms with van der Waals surface area (Å²) in [6.45, 7) is 2.21. The normalized spacial score (nSPS) is 18.7. The number of aromatic nitrogens is 1. The average Bonchev–Trinajstić information content (AvgIpc) is 2.37. The minimum atomic E-state index is -3.53. The van der Waals surface area contributed by atoms with E-state index in [1.807, 2.05) is 0 Å². The molecule has 21 heavy (non-hydrogen) atoms. The molecule has 2 rings (SSSR count). The molecule has 0 N–H and O–H groups in total. The maximum absolute atomic E-state index is 12.4. The van der Waals surface area contributed by atoms with Gasteiger partial charge in [0, 0.05) is 19.1 Å². The van der Waals surface area contributed by atoms with E-state index in [-0.39, 0.29) is 30.7 Å². The van der Waals surface area contributed by atoms with Gasteiger partial charge in [0.1, 0.15) is 5.69 Å². The first-order valence-electron chi connectivity index (χ1n) is 6.25. The summed E-state index contributed by atoms with van der Waals surface area (Å²) in [4.78, 5) is 25.9. The number of carbonyl (C=O) groups excluding carboxylic acids is 1. The van der Waals surface area contributed by atoms with E-state index in [0.717, 1.165) is 6.26 Å². The third-order valence-corrected chi connectivity index (χ3v) is 4.41. The van der Waals surface area contributed by atoms with Crippen LogP contribution in [0.25, 0.3) is 0 Å². The average molecular weight is 379 g/mol. The number of nitrogens with zero attached hydrogens (tertiary/aromatic N) is 2. The molecule has 1 aliphatic heterocycles. The first-order valence-corrected chi connectivity index (χ1v) is 8.86. The van der Waals surface area contributed by atoms with Crippen LogP contribution in [0, 0.1) is 0 Å². The smallest absolute Gasteiger partial charge is 0.270 e. The third-order valence-electron chi connectivity index (χ3n) is 3.22. The molecule has 9 heteroatoms. The monoisotopic (exact) mass is 378 g/mol. The van der Waals surface area contributed by atoms with Crippen LogP contribution in [0.5, 0.6) is 0 Å². The maximum Gasteiger partial charge on any atom is 0.270 e. The summed E-state index contributed by atoms with van der Waals surface area (Å²) in [5, 5.41) is 0. The molecule has 0 aliphatic carbocycles. The minimum absolute atomic E-state index is 0.102. The van der Waals surface area contributed by atoms with Crippen molar-refractivity contribution in [3.8, 4) is 0 Å². The quantitative estimate of drug-likeness (QED) is 0.709. The second-order valence-corrected chi connectivity index (χ2v) is 7.35. The van der Waals surface area contributed by atoms with E-state index >= 15 is 0 Å². The summed E-state index contributed by atoms with van der Waals surface area (Å²) in [6.07, 6.45) is 0.959. The van der Waals surface area contributed by atoms with Crippen molar-refractivity contribution in [3.05, 3.63) is 32.7 Å². The number of rotatable bonds is 4. The van der Waals surface area contributed by atoms with E-state index in [1.165, 1.54) is 15.5 Å². The lowest BCUT2D eigenvalue weighted by Gasteiger charge is -2.35. The highest BCUT2D eigenvalue weighted by atomic mass is 79.9. The highest BCUT2D eigenvalue weighted by Gasteiger charge is 2.30. The van der Waals surface area contributed by atoms with Gasteiger partial charge in [0.2, 0.25) is 0 Å². The number of amides is 1. The predicted octanol–water partition coefficient (Wildman–Crippen LogP) is 0.431. The molecule has 0 spiro atoms. The lowest BCUT2D eigenvalue weighted by Crippen LogP contribution is -2.50. The van der Waals surface area contributed by atoms with Gasteiger partial charge in [-0.2, -0.15) is 8.42 Å². The second kappa shape index (κ2) is 5.90. The van der Waals surface area contributed by atoms with Crippen molar-refractivity contribution in [1.82, 2.24) is 9.47 Å². The lowest BCUT2D eigenvalue weighted by atomic mass is 10.1. The SMILES string of the molecule is CC1Cn2c(ccc(Br)c2=O)C(=O)N1CCOS(C)(=O)=O. The van der Waals surface area contributed by atoms with Crippen LogP contribution in [0.15, 0.2) is 21.4 Å². The number of carbonyl (C=O) groups is 1. The number of pyridine rings is 1. The van der Waals surface area contributed by atoms with Gasteiger partial charge in [0.25, 0.3) is 21.6 Å². The molecule has 1 unspecified atom stereocenters. The summed E-state index contributed by atoms with van der Waals surface area (Å²) in [5.41, 5.74) is 0.0420. The van der Waals surface area contributed by atoms with E-state index in [4.69, 9.17) is 0 Å². The van der Waals surface area contributed by atoms with Gasteiger partial charge in [0.05, 0.1) is 17.3 Å². The largest absolute Gasteiger partial charge is 0.331 e. The van der Waals surface area contributed by atoms with Crippen LogP contribution in [0.3, 0.4) is 0 Å². The molecule has 7 nitrogen and oxygen atoms in total. The fraction of sp³-hybridized carbons (Fsp3) is 0.500. The molecule has 2 heterocycles. The van der Waals surface area contributed by atoms with Gasteiger partial charge in [-0.15, -0.1) is 0 Å². The van der Waals surface area contributed by atoms with Gasteiger partial charge in [-0.3, -0.25) is 13.8 Å². The number of halogens is 1. The summed E-state index contributed by atoms with van der Waals surface area (Å²) in [6, 6.07) is 2.89. The Kier molecular flexibility index (Phi) is 4.54. The highest BCUT2D eigenvalue weighted by Crippen LogP contribution is 2.17. The van der Waals surface area contributed by atoms with Crippen molar-refractivity contribution in [1.29, 1.82) is 0 Å². The molecule has 116 valence electrons. The van der Waals surface area contributed by atoms with Crippen LogP contribution in [0.2, 0.25) is 0 Å². The standard InChI is InChI=1S/C12H15BrN2O5S/c1-8-7-15-10(4-3-9(13)11(15)16)12(17)14(8)5-6-20-21(2,18)19/h3-4,8H,5-7H2,1-2H3. The Labute approximate surface area is 130 Å². The van der Waals surface area contributed by atoms with Crippen LogP contribution in [0.1, 0.15) is 17.4 Å². The zero-order valence-electron chi connectivity index (χ0n) is 11.6. The Balaban J connectivity index is 2.22. The molecular formula is C12H15BrN2O5S. The van der Waals surface area contributed by atoms with Crippen molar-refractivity contribution < 1.29 is 17.4 Å². The molecule has 0 saturated heterocycles. The van der Waals surface area contributed by atoms with Gasteiger partial charge in [-0.1, -0.05) is 0 Å². The molecule has 0 fully saturated rings. The Bertz CT molecular complexity index is 728. The first-order chi connectivity index (χ1) is 9.70. The Hall–Kier alpha value is -1.19. The molecule has 0 aromatic carbocycles. The fourth-order valence-corrected chi connectivity index (χ4v) is 2.96. The molecule has 1 atom stereocenters. The zero-order valence-corrected chi connectivity index (χ0v) is 14.0. The summed E-state index contributed by atoms with van der Waals surface area (Å²) in [5.74, 6) is -0.310. The number of hydrogen-bond donors (Lipinski definition) is 0. The van der Waals surface area contributed by atoms with E-state index < -0.39 is 10.1 Å². The first kappa shape index (κ1) is 16.2. The van der Waals surface area contributed by atoms with E-state index in [1.54, 1.807) is 13.0 Å². The fourth-order valence-electron chi connectivity index (χ4n) is 2.24. The molecule has 0 saturated carbocycles. The van der Waals surface area contributed by atoms with Crippen LogP contribution < -0.4 is 5.56 Å². The van der Waals surface area contributed by atoms with Gasteiger partial charge < -0.3 is 9.47 Å². The van der Waals surface area contributed by atoms with Gasteiger partial charge >= 0.3 is 0 Å². The molecule has 1 aliphatic rings. The zero-order chi connectivity index (χ0) is 15.8. The van der Waals surface area contributed by atoms with E-state index in [0.29, 0.717) is 16.7 Å². The highest BCUT2D eigenvalue weighted by molar-refractivity contribution is 9.10. The predicted molar refractivity (Wildman–Crippen MR) is 79.7 cm³/mol. The summed E-state index contributed by atoms with van der Waals surface area (Å²) < 4.78 is 28.4. The Morgan fingerprint density at radius 2 is 2.05 bits per heavy atom. The minimum Gasteiger partial charge on any atom is -0.331 e. The van der Waals surface area contributed by atoms with Gasteiger partial charge in [-0.25, -0.2) is 0 Å². The molecule has 0 radical (unpaired) electrons. The van der Waals surface area contributed by atoms with Gasteiger partial charge in [0.15, 0.2) is 0 Å². The van der Waals surface area contributed by atoms with Crippen LogP contribution in [0.4, 0.5) is 0 Å². The van der Waals surface area contributed by atoms with E-state index in [2.05, 4.69) is 20.1 Å². The topological polar surface area (TPSA) is 85.7 Å².